The Kier molecular flexibility index (Phi) is 7.37. The molecule has 0 aromatic heterocycles. The molecule has 0 aliphatic rings. The number of hydrogen-bond donors (Lipinski definition) is 1. The van der Waals surface area contributed by atoms with Gasteiger partial charge in [0.2, 0.25) is 0 Å². The Hall–Kier alpha value is 0.320. The van der Waals surface area contributed by atoms with Crippen molar-refractivity contribution < 1.29 is 90.2 Å². The van der Waals surface area contributed by atoms with Crippen molar-refractivity contribution in [1.29, 1.82) is 0 Å². The van der Waals surface area contributed by atoms with Crippen LogP contribution in [0.25, 0.3) is 10.8 Å². The van der Waals surface area contributed by atoms with Crippen LogP contribution in [0, 0.1) is 0 Å². The standard InChI is InChI=1S/C10H8O7S2.2Na/c11-9-4-6-1-2-8(18(12,13)14)3-7(6)5-10(9)19(15,16)17;;/h1-5,11H,(H,12,13,14)(H,15,16,17);;/q;2*+1/p-2. The van der Waals surface area contributed by atoms with E-state index in [9.17, 15) is 31.0 Å². The molecule has 0 atom stereocenters. The van der Waals surface area contributed by atoms with Crippen molar-refractivity contribution in [3.63, 3.8) is 0 Å². The number of phenolic OH excluding ortho intramolecular Hbond substituents is 1. The second kappa shape index (κ2) is 7.26. The van der Waals surface area contributed by atoms with Crippen molar-refractivity contribution >= 4 is 31.0 Å². The Morgan fingerprint density at radius 2 is 1.38 bits per heavy atom. The molecule has 2 aromatic rings. The summed E-state index contributed by atoms with van der Waals surface area (Å²) in [5.74, 6) is -0.736. The predicted molar refractivity (Wildman–Crippen MR) is 61.5 cm³/mol. The van der Waals surface area contributed by atoms with Gasteiger partial charge in [-0.05, 0) is 35.0 Å². The molecule has 0 heterocycles. The molecule has 0 unspecified atom stereocenters. The monoisotopic (exact) mass is 348 g/mol. The number of benzene rings is 2. The zero-order valence-electron chi connectivity index (χ0n) is 11.1. The van der Waals surface area contributed by atoms with E-state index in [0.29, 0.717) is 0 Å². The maximum absolute atomic E-state index is 10.9. The fourth-order valence-corrected chi connectivity index (χ4v) is 2.69. The van der Waals surface area contributed by atoms with E-state index in [-0.39, 0.29) is 69.9 Å². The molecule has 0 spiro atoms. The summed E-state index contributed by atoms with van der Waals surface area (Å²) in [5.41, 5.74) is 0. The Morgan fingerprint density at radius 1 is 0.810 bits per heavy atom. The van der Waals surface area contributed by atoms with Crippen LogP contribution in [0.2, 0.25) is 0 Å². The first kappa shape index (κ1) is 21.3. The molecule has 11 heteroatoms. The number of phenols is 1. The van der Waals surface area contributed by atoms with E-state index in [1.807, 2.05) is 0 Å². The van der Waals surface area contributed by atoms with Crippen molar-refractivity contribution in [3.05, 3.63) is 30.3 Å². The summed E-state index contributed by atoms with van der Waals surface area (Å²) < 4.78 is 65.2. The van der Waals surface area contributed by atoms with Gasteiger partial charge in [-0.25, -0.2) is 16.8 Å². The largest absolute Gasteiger partial charge is 1.00 e. The van der Waals surface area contributed by atoms with Crippen LogP contribution in [-0.4, -0.2) is 31.0 Å². The van der Waals surface area contributed by atoms with Crippen LogP contribution in [-0.2, 0) is 20.2 Å². The molecule has 7 nitrogen and oxygen atoms in total. The Labute approximate surface area is 165 Å². The van der Waals surface area contributed by atoms with Crippen LogP contribution in [0.3, 0.4) is 0 Å². The van der Waals surface area contributed by atoms with E-state index < -0.39 is 35.8 Å². The van der Waals surface area contributed by atoms with Crippen LogP contribution in [0.15, 0.2) is 40.1 Å². The zero-order valence-corrected chi connectivity index (χ0v) is 16.7. The van der Waals surface area contributed by atoms with E-state index in [1.165, 1.54) is 6.07 Å². The van der Waals surface area contributed by atoms with E-state index in [1.54, 1.807) is 0 Å². The average Bonchev–Trinajstić information content (AvgIpc) is 2.24. The summed E-state index contributed by atoms with van der Waals surface area (Å²) in [4.78, 5) is -1.43. The maximum atomic E-state index is 10.9. The normalized spacial score (nSPS) is 11.5. The number of hydrogen-bond acceptors (Lipinski definition) is 7. The molecule has 0 aliphatic carbocycles. The molecule has 0 radical (unpaired) electrons. The first-order valence-electron chi connectivity index (χ1n) is 4.77. The predicted octanol–water partition coefficient (Wildman–Crippen LogP) is -5.64. The van der Waals surface area contributed by atoms with Gasteiger partial charge in [0.25, 0.3) is 0 Å². The van der Waals surface area contributed by atoms with E-state index in [4.69, 9.17) is 0 Å². The van der Waals surface area contributed by atoms with Gasteiger partial charge in [-0.2, -0.15) is 0 Å². The Bertz CT molecular complexity index is 876. The molecule has 21 heavy (non-hydrogen) atoms. The summed E-state index contributed by atoms with van der Waals surface area (Å²) in [6.07, 6.45) is 0. The Balaban J connectivity index is 0.00000200. The number of rotatable bonds is 2. The molecular formula is C10H6Na2O7S2. The van der Waals surface area contributed by atoms with Gasteiger partial charge in [0.15, 0.2) is 0 Å². The zero-order chi connectivity index (χ0) is 14.4. The second-order valence-electron chi connectivity index (χ2n) is 3.74. The summed E-state index contributed by atoms with van der Waals surface area (Å²) in [7, 11) is -9.59. The van der Waals surface area contributed by atoms with Gasteiger partial charge in [-0.1, -0.05) is 6.07 Å². The molecule has 2 rings (SSSR count). The van der Waals surface area contributed by atoms with Crippen molar-refractivity contribution in [2.24, 2.45) is 0 Å². The summed E-state index contributed by atoms with van der Waals surface area (Å²) >= 11 is 0. The van der Waals surface area contributed by atoms with E-state index in [0.717, 1.165) is 24.3 Å². The van der Waals surface area contributed by atoms with Crippen molar-refractivity contribution in [2.75, 3.05) is 0 Å². The summed E-state index contributed by atoms with van der Waals surface area (Å²) in [6.45, 7) is 0. The van der Waals surface area contributed by atoms with Crippen LogP contribution in [0.1, 0.15) is 0 Å². The third-order valence-electron chi connectivity index (χ3n) is 2.45. The summed E-state index contributed by atoms with van der Waals surface area (Å²) in [6, 6.07) is 5.01. The fourth-order valence-electron chi connectivity index (χ4n) is 1.60. The minimum absolute atomic E-state index is 0. The molecule has 0 fully saturated rings. The minimum Gasteiger partial charge on any atom is -0.744 e. The van der Waals surface area contributed by atoms with Gasteiger partial charge in [0.05, 0.1) is 9.79 Å². The van der Waals surface area contributed by atoms with Gasteiger partial charge >= 0.3 is 59.1 Å². The molecule has 0 aliphatic heterocycles. The van der Waals surface area contributed by atoms with Crippen molar-refractivity contribution in [1.82, 2.24) is 0 Å². The van der Waals surface area contributed by atoms with Crippen LogP contribution in [0.4, 0.5) is 0 Å². The summed E-state index contributed by atoms with van der Waals surface area (Å²) in [5, 5.41) is 9.75. The molecule has 0 amide bonds. The topological polar surface area (TPSA) is 135 Å². The fraction of sp³-hybridized carbons (Fsp3) is 0. The minimum atomic E-state index is -4.90. The molecule has 0 saturated heterocycles. The van der Waals surface area contributed by atoms with Gasteiger partial charge in [0.1, 0.15) is 26.0 Å². The van der Waals surface area contributed by atoms with Crippen LogP contribution in [0.5, 0.6) is 5.75 Å². The van der Waals surface area contributed by atoms with E-state index in [2.05, 4.69) is 0 Å². The first-order valence-corrected chi connectivity index (χ1v) is 7.59. The SMILES string of the molecule is O=S(=O)([O-])c1ccc2cc(O)c(S(=O)(=O)[O-])cc2c1.[Na+].[Na+]. The van der Waals surface area contributed by atoms with Crippen LogP contribution < -0.4 is 59.1 Å². The third kappa shape index (κ3) is 4.90. The molecule has 102 valence electrons. The van der Waals surface area contributed by atoms with Gasteiger partial charge in [0, 0.05) is 0 Å². The molecule has 0 bridgehead atoms. The third-order valence-corrected chi connectivity index (χ3v) is 4.14. The van der Waals surface area contributed by atoms with Gasteiger partial charge in [-0.15, -0.1) is 0 Å². The quantitative estimate of drug-likeness (QED) is 0.422. The molecular weight excluding hydrogens is 342 g/mol. The first-order chi connectivity index (χ1) is 8.59. The molecule has 2 aromatic carbocycles. The molecule has 0 saturated carbocycles. The smallest absolute Gasteiger partial charge is 0.744 e. The van der Waals surface area contributed by atoms with Gasteiger partial charge < -0.3 is 14.2 Å². The number of fused-ring (bicyclic) bond motifs is 1. The van der Waals surface area contributed by atoms with E-state index >= 15 is 0 Å². The van der Waals surface area contributed by atoms with Gasteiger partial charge in [-0.3, -0.25) is 0 Å². The second-order valence-corrected chi connectivity index (χ2v) is 6.46. The van der Waals surface area contributed by atoms with Crippen molar-refractivity contribution in [3.8, 4) is 5.75 Å². The van der Waals surface area contributed by atoms with Crippen molar-refractivity contribution in [2.45, 2.75) is 9.79 Å². The Morgan fingerprint density at radius 3 is 1.86 bits per heavy atom. The average molecular weight is 348 g/mol. The van der Waals surface area contributed by atoms with Crippen LogP contribution >= 0.6 is 0 Å². The maximum Gasteiger partial charge on any atom is 1.00 e. The molecule has 1 N–H and O–H groups in total. The number of aromatic hydroxyl groups is 1.